The van der Waals surface area contributed by atoms with Crippen molar-refractivity contribution in [2.75, 3.05) is 11.1 Å². The Morgan fingerprint density at radius 1 is 1.12 bits per heavy atom. The predicted molar refractivity (Wildman–Crippen MR) is 96.9 cm³/mol. The average molecular weight is 404 g/mol. The summed E-state index contributed by atoms with van der Waals surface area (Å²) in [5, 5.41) is 15.1. The van der Waals surface area contributed by atoms with E-state index >= 15 is 0 Å². The topological polar surface area (TPSA) is 72.7 Å². The van der Waals surface area contributed by atoms with Gasteiger partial charge in [0.1, 0.15) is 0 Å². The number of halogens is 1. The molecule has 1 heterocycles. The van der Waals surface area contributed by atoms with Crippen molar-refractivity contribution in [3.05, 3.63) is 64.6 Å². The number of aromatic nitrogens is 4. The Morgan fingerprint density at radius 2 is 1.88 bits per heavy atom. The van der Waals surface area contributed by atoms with Crippen LogP contribution in [0.2, 0.25) is 0 Å². The molecule has 0 aliphatic rings. The summed E-state index contributed by atoms with van der Waals surface area (Å²) in [4.78, 5) is 12.1. The van der Waals surface area contributed by atoms with Crippen molar-refractivity contribution in [1.29, 1.82) is 0 Å². The number of carbonyl (C=O) groups excluding carboxylic acids is 1. The smallest absolute Gasteiger partial charge is 0.234 e. The largest absolute Gasteiger partial charge is 0.324 e. The standard InChI is InChI=1S/C16H14BrN5OS/c17-13-8-4-5-9-14(13)18-15(23)11-24-16-19-20-21-22(16)10-12-6-2-1-3-7-12/h1-9H,10-11H2,(H,18,23). The van der Waals surface area contributed by atoms with Crippen molar-refractivity contribution in [2.24, 2.45) is 0 Å². The molecular weight excluding hydrogens is 390 g/mol. The van der Waals surface area contributed by atoms with Gasteiger partial charge in [-0.2, -0.15) is 0 Å². The van der Waals surface area contributed by atoms with Gasteiger partial charge in [-0.15, -0.1) is 5.10 Å². The summed E-state index contributed by atoms with van der Waals surface area (Å²) >= 11 is 4.71. The summed E-state index contributed by atoms with van der Waals surface area (Å²) in [6.07, 6.45) is 0. The van der Waals surface area contributed by atoms with Crippen LogP contribution in [0.25, 0.3) is 0 Å². The summed E-state index contributed by atoms with van der Waals surface area (Å²) < 4.78 is 2.53. The van der Waals surface area contributed by atoms with Gasteiger partial charge >= 0.3 is 0 Å². The molecule has 0 fully saturated rings. The molecule has 2 aromatic carbocycles. The fourth-order valence-corrected chi connectivity index (χ4v) is 3.09. The summed E-state index contributed by atoms with van der Waals surface area (Å²) in [6, 6.07) is 17.4. The second-order valence-electron chi connectivity index (χ2n) is 4.92. The van der Waals surface area contributed by atoms with Crippen molar-refractivity contribution in [3.8, 4) is 0 Å². The molecule has 1 aromatic heterocycles. The van der Waals surface area contributed by atoms with E-state index in [-0.39, 0.29) is 11.7 Å². The van der Waals surface area contributed by atoms with Crippen LogP contribution in [0.3, 0.4) is 0 Å². The molecule has 0 bridgehead atoms. The summed E-state index contributed by atoms with van der Waals surface area (Å²) in [5.74, 6) is 0.123. The number of amides is 1. The van der Waals surface area contributed by atoms with Crippen LogP contribution in [0.4, 0.5) is 5.69 Å². The van der Waals surface area contributed by atoms with Crippen molar-refractivity contribution in [1.82, 2.24) is 20.2 Å². The Morgan fingerprint density at radius 3 is 2.67 bits per heavy atom. The summed E-state index contributed by atoms with van der Waals surface area (Å²) in [6.45, 7) is 0.571. The maximum atomic E-state index is 12.1. The predicted octanol–water partition coefficient (Wildman–Crippen LogP) is 3.21. The minimum Gasteiger partial charge on any atom is -0.324 e. The molecule has 0 aliphatic carbocycles. The Labute approximate surface area is 151 Å². The second-order valence-corrected chi connectivity index (χ2v) is 6.72. The number of para-hydroxylation sites is 1. The van der Waals surface area contributed by atoms with Gasteiger partial charge in [0.05, 0.1) is 18.0 Å². The van der Waals surface area contributed by atoms with E-state index in [0.29, 0.717) is 11.7 Å². The van der Waals surface area contributed by atoms with Gasteiger partial charge < -0.3 is 5.32 Å². The van der Waals surface area contributed by atoms with Crippen LogP contribution in [0.5, 0.6) is 0 Å². The molecule has 0 radical (unpaired) electrons. The minimum absolute atomic E-state index is 0.110. The Hall–Kier alpha value is -2.19. The van der Waals surface area contributed by atoms with Crippen molar-refractivity contribution in [3.63, 3.8) is 0 Å². The van der Waals surface area contributed by atoms with Gasteiger partial charge in [0, 0.05) is 4.47 Å². The van der Waals surface area contributed by atoms with Crippen LogP contribution >= 0.6 is 27.7 Å². The first-order chi connectivity index (χ1) is 11.7. The van der Waals surface area contributed by atoms with Crippen LogP contribution in [0.1, 0.15) is 5.56 Å². The molecule has 8 heteroatoms. The number of nitrogens with zero attached hydrogens (tertiary/aromatic N) is 4. The van der Waals surface area contributed by atoms with E-state index in [1.54, 1.807) is 4.68 Å². The van der Waals surface area contributed by atoms with Gasteiger partial charge in [-0.25, -0.2) is 4.68 Å². The number of benzene rings is 2. The molecule has 3 rings (SSSR count). The Kier molecular flexibility index (Phi) is 5.60. The first kappa shape index (κ1) is 16.7. The van der Waals surface area contributed by atoms with Gasteiger partial charge in [-0.05, 0) is 44.1 Å². The number of hydrogen-bond donors (Lipinski definition) is 1. The number of hydrogen-bond acceptors (Lipinski definition) is 5. The van der Waals surface area contributed by atoms with Gasteiger partial charge in [0.2, 0.25) is 11.1 Å². The molecule has 0 unspecified atom stereocenters. The zero-order valence-corrected chi connectivity index (χ0v) is 15.0. The summed E-state index contributed by atoms with van der Waals surface area (Å²) in [7, 11) is 0. The van der Waals surface area contributed by atoms with E-state index in [1.807, 2.05) is 54.6 Å². The van der Waals surface area contributed by atoms with E-state index in [9.17, 15) is 4.79 Å². The molecule has 0 saturated heterocycles. The fraction of sp³-hybridized carbons (Fsp3) is 0.125. The minimum atomic E-state index is -0.110. The number of nitrogens with one attached hydrogen (secondary N) is 1. The third-order valence-corrected chi connectivity index (χ3v) is 4.80. The third kappa shape index (κ3) is 4.42. The molecule has 6 nitrogen and oxygen atoms in total. The molecule has 0 saturated carbocycles. The van der Waals surface area contributed by atoms with E-state index in [4.69, 9.17) is 0 Å². The van der Waals surface area contributed by atoms with Gasteiger partial charge in [0.15, 0.2) is 0 Å². The lowest BCUT2D eigenvalue weighted by Crippen LogP contribution is -2.15. The zero-order chi connectivity index (χ0) is 16.8. The second kappa shape index (κ2) is 8.07. The Balaban J connectivity index is 1.58. The van der Waals surface area contributed by atoms with Crippen LogP contribution in [0, 0.1) is 0 Å². The highest BCUT2D eigenvalue weighted by Crippen LogP contribution is 2.22. The molecule has 122 valence electrons. The van der Waals surface area contributed by atoms with Crippen molar-refractivity contribution >= 4 is 39.3 Å². The van der Waals surface area contributed by atoms with E-state index in [0.717, 1.165) is 15.7 Å². The van der Waals surface area contributed by atoms with Gasteiger partial charge in [0.25, 0.3) is 0 Å². The van der Waals surface area contributed by atoms with E-state index < -0.39 is 0 Å². The quantitative estimate of drug-likeness (QED) is 0.639. The number of rotatable bonds is 6. The number of carbonyl (C=O) groups is 1. The van der Waals surface area contributed by atoms with Crippen molar-refractivity contribution < 1.29 is 4.79 Å². The monoisotopic (exact) mass is 403 g/mol. The van der Waals surface area contributed by atoms with Crippen LogP contribution in [-0.4, -0.2) is 31.9 Å². The molecule has 0 spiro atoms. The molecule has 0 atom stereocenters. The van der Waals surface area contributed by atoms with Crippen LogP contribution in [-0.2, 0) is 11.3 Å². The molecule has 3 aromatic rings. The molecular formula is C16H14BrN5OS. The molecule has 0 aliphatic heterocycles. The van der Waals surface area contributed by atoms with Gasteiger partial charge in [-0.1, -0.05) is 54.2 Å². The van der Waals surface area contributed by atoms with E-state index in [1.165, 1.54) is 11.8 Å². The molecule has 1 N–H and O–H groups in total. The number of tetrazole rings is 1. The normalized spacial score (nSPS) is 10.5. The summed E-state index contributed by atoms with van der Waals surface area (Å²) in [5.41, 5.74) is 1.84. The maximum absolute atomic E-state index is 12.1. The third-order valence-electron chi connectivity index (χ3n) is 3.15. The van der Waals surface area contributed by atoms with E-state index in [2.05, 4.69) is 36.8 Å². The first-order valence-corrected chi connectivity index (χ1v) is 8.97. The average Bonchev–Trinajstić information content (AvgIpc) is 3.03. The first-order valence-electron chi connectivity index (χ1n) is 7.19. The lowest BCUT2D eigenvalue weighted by Gasteiger charge is -2.07. The highest BCUT2D eigenvalue weighted by atomic mass is 79.9. The Bertz CT molecular complexity index is 824. The van der Waals surface area contributed by atoms with Crippen molar-refractivity contribution in [2.45, 2.75) is 11.7 Å². The molecule has 1 amide bonds. The molecule has 24 heavy (non-hydrogen) atoms. The highest BCUT2D eigenvalue weighted by Gasteiger charge is 2.11. The SMILES string of the molecule is O=C(CSc1nnnn1Cc1ccccc1)Nc1ccccc1Br. The van der Waals surface area contributed by atoms with Gasteiger partial charge in [-0.3, -0.25) is 4.79 Å². The lowest BCUT2D eigenvalue weighted by molar-refractivity contribution is -0.113. The maximum Gasteiger partial charge on any atom is 0.234 e. The van der Waals surface area contributed by atoms with Crippen LogP contribution < -0.4 is 5.32 Å². The number of anilines is 1. The lowest BCUT2D eigenvalue weighted by atomic mass is 10.2. The fourth-order valence-electron chi connectivity index (χ4n) is 2.03. The van der Waals surface area contributed by atoms with Crippen LogP contribution in [0.15, 0.2) is 64.2 Å². The zero-order valence-electron chi connectivity index (χ0n) is 12.6. The highest BCUT2D eigenvalue weighted by molar-refractivity contribution is 9.10. The number of thioether (sulfide) groups is 1.